The van der Waals surface area contributed by atoms with Crippen LogP contribution in [0.2, 0.25) is 5.02 Å². The fraction of sp³-hybridized carbons (Fsp3) is 0.200. The van der Waals surface area contributed by atoms with Crippen molar-refractivity contribution in [3.63, 3.8) is 0 Å². The number of halogens is 3. The van der Waals surface area contributed by atoms with Gasteiger partial charge >= 0.3 is 0 Å². The molecule has 94 valence electrons. The van der Waals surface area contributed by atoms with Gasteiger partial charge in [-0.15, -0.1) is 11.6 Å². The summed E-state index contributed by atoms with van der Waals surface area (Å²) in [6.07, 6.45) is 0.782. The Morgan fingerprint density at radius 2 is 1.94 bits per heavy atom. The topological polar surface area (TPSA) is 0 Å². The molecule has 0 amide bonds. The van der Waals surface area contributed by atoms with Gasteiger partial charge in [0.1, 0.15) is 0 Å². The summed E-state index contributed by atoms with van der Waals surface area (Å²) in [7, 11) is 0. The predicted molar refractivity (Wildman–Crippen MR) is 82.6 cm³/mol. The van der Waals surface area contributed by atoms with Crippen molar-refractivity contribution in [2.45, 2.75) is 18.7 Å². The number of rotatable bonds is 3. The zero-order valence-corrected chi connectivity index (χ0v) is 13.1. The van der Waals surface area contributed by atoms with E-state index in [9.17, 15) is 0 Å². The average molecular weight is 344 g/mol. The molecule has 0 bridgehead atoms. The summed E-state index contributed by atoms with van der Waals surface area (Å²) in [5.74, 6) is 0. The molecule has 0 N–H and O–H groups in total. The number of aryl methyl sites for hydroxylation is 1. The Morgan fingerprint density at radius 1 is 1.17 bits per heavy atom. The molecular weight excluding hydrogens is 331 g/mol. The minimum absolute atomic E-state index is 0.0310. The van der Waals surface area contributed by atoms with Gasteiger partial charge in [0.15, 0.2) is 0 Å². The molecule has 2 rings (SSSR count). The lowest BCUT2D eigenvalue weighted by Crippen LogP contribution is -1.98. The lowest BCUT2D eigenvalue weighted by atomic mass is 10.0. The second-order valence-electron chi connectivity index (χ2n) is 4.30. The Bertz CT molecular complexity index is 552. The second kappa shape index (κ2) is 6.10. The fourth-order valence-corrected chi connectivity index (χ4v) is 3.08. The normalized spacial score (nSPS) is 12.4. The van der Waals surface area contributed by atoms with Gasteiger partial charge in [-0.25, -0.2) is 0 Å². The van der Waals surface area contributed by atoms with Crippen LogP contribution in [0.1, 0.15) is 22.1 Å². The molecule has 2 aromatic carbocycles. The van der Waals surface area contributed by atoms with Gasteiger partial charge in [-0.1, -0.05) is 45.7 Å². The maximum absolute atomic E-state index is 6.49. The van der Waals surface area contributed by atoms with Crippen molar-refractivity contribution < 1.29 is 0 Å². The summed E-state index contributed by atoms with van der Waals surface area (Å²) in [5.41, 5.74) is 3.52. The van der Waals surface area contributed by atoms with Crippen LogP contribution in [0.5, 0.6) is 0 Å². The largest absolute Gasteiger partial charge is 0.117 e. The number of hydrogen-bond donors (Lipinski definition) is 0. The Hall–Kier alpha value is -0.500. The van der Waals surface area contributed by atoms with Crippen LogP contribution in [0.25, 0.3) is 0 Å². The first-order valence-corrected chi connectivity index (χ1v) is 7.31. The first kappa shape index (κ1) is 13.9. The zero-order valence-electron chi connectivity index (χ0n) is 9.96. The van der Waals surface area contributed by atoms with E-state index in [2.05, 4.69) is 41.1 Å². The number of hydrogen-bond acceptors (Lipinski definition) is 0. The van der Waals surface area contributed by atoms with Crippen LogP contribution in [0.3, 0.4) is 0 Å². The van der Waals surface area contributed by atoms with Crippen molar-refractivity contribution in [3.8, 4) is 0 Å². The third kappa shape index (κ3) is 3.50. The van der Waals surface area contributed by atoms with Gasteiger partial charge in [0, 0.05) is 9.50 Å². The molecule has 2 aromatic rings. The molecule has 0 saturated carbocycles. The SMILES string of the molecule is Cc1cc(Br)ccc1C(Cl)Cc1cccc(Cl)c1. The summed E-state index contributed by atoms with van der Waals surface area (Å²) in [5, 5.41) is 0.723. The fourth-order valence-electron chi connectivity index (χ4n) is 1.97. The number of alkyl halides is 1. The van der Waals surface area contributed by atoms with Crippen LogP contribution >= 0.6 is 39.1 Å². The number of benzene rings is 2. The highest BCUT2D eigenvalue weighted by atomic mass is 79.9. The van der Waals surface area contributed by atoms with Crippen molar-refractivity contribution >= 4 is 39.1 Å². The van der Waals surface area contributed by atoms with Crippen LogP contribution in [-0.2, 0) is 6.42 Å². The van der Waals surface area contributed by atoms with E-state index in [0.717, 1.165) is 21.5 Å². The van der Waals surface area contributed by atoms with E-state index in [-0.39, 0.29) is 5.38 Å². The lowest BCUT2D eigenvalue weighted by molar-refractivity contribution is 0.909. The molecule has 0 saturated heterocycles. The first-order valence-electron chi connectivity index (χ1n) is 5.71. The van der Waals surface area contributed by atoms with Crippen LogP contribution in [0.15, 0.2) is 46.9 Å². The van der Waals surface area contributed by atoms with Crippen LogP contribution in [0.4, 0.5) is 0 Å². The molecule has 1 atom stereocenters. The maximum atomic E-state index is 6.49. The van der Waals surface area contributed by atoms with Crippen molar-refractivity contribution in [3.05, 3.63) is 68.7 Å². The Balaban J connectivity index is 2.19. The highest BCUT2D eigenvalue weighted by molar-refractivity contribution is 9.10. The molecule has 0 aliphatic carbocycles. The van der Waals surface area contributed by atoms with Crippen LogP contribution in [-0.4, -0.2) is 0 Å². The van der Waals surface area contributed by atoms with E-state index in [1.54, 1.807) is 0 Å². The van der Waals surface area contributed by atoms with Crippen molar-refractivity contribution in [2.75, 3.05) is 0 Å². The monoisotopic (exact) mass is 342 g/mol. The molecule has 0 aliphatic rings. The van der Waals surface area contributed by atoms with Gasteiger partial charge in [-0.05, 0) is 54.3 Å². The molecule has 1 unspecified atom stereocenters. The van der Waals surface area contributed by atoms with Crippen molar-refractivity contribution in [1.29, 1.82) is 0 Å². The second-order valence-corrected chi connectivity index (χ2v) is 6.18. The maximum Gasteiger partial charge on any atom is 0.0628 e. The molecule has 0 spiro atoms. The molecule has 0 heterocycles. The predicted octanol–water partition coefficient (Wildman–Crippen LogP) is 5.93. The highest BCUT2D eigenvalue weighted by Gasteiger charge is 2.12. The van der Waals surface area contributed by atoms with Crippen molar-refractivity contribution in [2.24, 2.45) is 0 Å². The average Bonchev–Trinajstić information content (AvgIpc) is 2.28. The van der Waals surface area contributed by atoms with E-state index in [0.29, 0.717) is 0 Å². The van der Waals surface area contributed by atoms with Gasteiger partial charge in [0.2, 0.25) is 0 Å². The van der Waals surface area contributed by atoms with Gasteiger partial charge in [-0.3, -0.25) is 0 Å². The summed E-state index contributed by atoms with van der Waals surface area (Å²) in [6.45, 7) is 2.08. The first-order chi connectivity index (χ1) is 8.56. The van der Waals surface area contributed by atoms with Gasteiger partial charge < -0.3 is 0 Å². The standard InChI is InChI=1S/C15H13BrCl2/c1-10-7-12(16)5-6-14(10)15(18)9-11-3-2-4-13(17)8-11/h2-8,15H,9H2,1H3. The van der Waals surface area contributed by atoms with E-state index in [4.69, 9.17) is 23.2 Å². The van der Waals surface area contributed by atoms with E-state index < -0.39 is 0 Å². The smallest absolute Gasteiger partial charge is 0.0628 e. The van der Waals surface area contributed by atoms with E-state index in [1.807, 2.05) is 24.3 Å². The Labute approximate surface area is 126 Å². The minimum atomic E-state index is -0.0310. The van der Waals surface area contributed by atoms with E-state index in [1.165, 1.54) is 11.1 Å². The third-order valence-corrected chi connectivity index (χ3v) is 3.99. The molecule has 3 heteroatoms. The molecule has 0 nitrogen and oxygen atoms in total. The quantitative estimate of drug-likeness (QED) is 0.605. The summed E-state index contributed by atoms with van der Waals surface area (Å²) >= 11 is 15.9. The lowest BCUT2D eigenvalue weighted by Gasteiger charge is -2.13. The Kier molecular flexibility index (Phi) is 4.71. The van der Waals surface area contributed by atoms with Gasteiger partial charge in [0.05, 0.1) is 5.38 Å². The molecule has 18 heavy (non-hydrogen) atoms. The van der Waals surface area contributed by atoms with Gasteiger partial charge in [0.25, 0.3) is 0 Å². The van der Waals surface area contributed by atoms with Gasteiger partial charge in [-0.2, -0.15) is 0 Å². The van der Waals surface area contributed by atoms with Crippen molar-refractivity contribution in [1.82, 2.24) is 0 Å². The molecule has 0 aliphatic heterocycles. The van der Waals surface area contributed by atoms with Crippen LogP contribution in [0, 0.1) is 6.92 Å². The molecule has 0 fully saturated rings. The van der Waals surface area contributed by atoms with Crippen LogP contribution < -0.4 is 0 Å². The molecular formula is C15H13BrCl2. The minimum Gasteiger partial charge on any atom is -0.117 e. The summed E-state index contributed by atoms with van der Waals surface area (Å²) in [6, 6.07) is 14.0. The summed E-state index contributed by atoms with van der Waals surface area (Å²) < 4.78 is 1.08. The molecule has 0 aromatic heterocycles. The summed E-state index contributed by atoms with van der Waals surface area (Å²) in [4.78, 5) is 0. The zero-order chi connectivity index (χ0) is 13.1. The van der Waals surface area contributed by atoms with E-state index >= 15 is 0 Å². The molecule has 0 radical (unpaired) electrons. The third-order valence-electron chi connectivity index (χ3n) is 2.87. The highest BCUT2D eigenvalue weighted by Crippen LogP contribution is 2.29. The Morgan fingerprint density at radius 3 is 2.61 bits per heavy atom.